The average Bonchev–Trinajstić information content (AvgIpc) is 0.821. The zero-order valence-electron chi connectivity index (χ0n) is 59.1. The number of carbonyl (C=O) groups excluding carboxylic acids is 5. The van der Waals surface area contributed by atoms with E-state index in [0.29, 0.717) is 52.0 Å². The molecule has 0 atom stereocenters. The zero-order chi connectivity index (χ0) is 77.4. The summed E-state index contributed by atoms with van der Waals surface area (Å²) < 4.78 is 117. The Bertz CT molecular complexity index is 4280. The normalized spacial score (nSPS) is 11.0. The van der Waals surface area contributed by atoms with E-state index in [1.54, 1.807) is 42.7 Å². The molecule has 7 aromatic carbocycles. The molecule has 2 heterocycles. The number of hydrogen-bond donors (Lipinski definition) is 4. The number of esters is 1. The summed E-state index contributed by atoms with van der Waals surface area (Å²) >= 11 is 5.96. The molecule has 566 valence electrons. The first-order valence-electron chi connectivity index (χ1n) is 30.9. The van der Waals surface area contributed by atoms with Gasteiger partial charge in [-0.3, -0.25) is 34.4 Å². The second kappa shape index (κ2) is 42.9. The van der Waals surface area contributed by atoms with Crippen molar-refractivity contribution in [3.8, 4) is 0 Å². The highest BCUT2D eigenvalue weighted by atomic mass is 127. The van der Waals surface area contributed by atoms with Crippen LogP contribution in [0.15, 0.2) is 161 Å². The molecule has 30 heteroatoms. The summed E-state index contributed by atoms with van der Waals surface area (Å²) in [5, 5.41) is 26.1. The first-order chi connectivity index (χ1) is 48.1. The predicted octanol–water partition coefficient (Wildman–Crippen LogP) is 13.3. The number of hydroxylamine groups is 1. The number of hydrogen-bond acceptors (Lipinski definition) is 15. The van der Waals surface area contributed by atoms with Crippen LogP contribution in [0.4, 0.5) is 39.5 Å². The number of nitrogens with zero attached hydrogens (tertiary/aromatic N) is 6. The van der Waals surface area contributed by atoms with Crippen molar-refractivity contribution in [2.45, 2.75) is 71.4 Å². The number of carboxylic acids is 1. The van der Waals surface area contributed by atoms with Gasteiger partial charge in [-0.15, -0.1) is 12.4 Å². The maximum Gasteiger partial charge on any atom is 0.416 e. The molecule has 0 aliphatic carbocycles. The number of aromatic nitrogens is 2. The number of ketones is 2. The number of benzene rings is 7. The summed E-state index contributed by atoms with van der Waals surface area (Å²) in [5.74, 6) is -2.30. The van der Waals surface area contributed by atoms with Crippen LogP contribution in [0.25, 0.3) is 21.8 Å². The van der Waals surface area contributed by atoms with Crippen LogP contribution in [0.5, 0.6) is 0 Å². The van der Waals surface area contributed by atoms with Gasteiger partial charge >= 0.3 is 30.5 Å². The Morgan fingerprint density at radius 3 is 1.22 bits per heavy atom. The van der Waals surface area contributed by atoms with Gasteiger partial charge in [0.25, 0.3) is 5.91 Å². The fraction of sp³-hybridized carbons (Fsp3) is 0.280. The SMILES string of the molecule is CN(C)Cc1cc(Br)cc(C(F)(F)F)c1.CN(C)Cc1cc(C(=O)O)cc(C(F)(F)F)c1.CO.COC(=O)c1cnc2ccc(CC(=O)c3cc(C)cc(CN(C)C)c3)cc2c1.Cc1cc(CN(C)C)cc(C(=O)Cc2ccc3ncc(C(=O)NO)cc3c2)c1.Cl.O=Cc1cc(Br)cc(C(F)(F)F)c1.[I-]. The summed E-state index contributed by atoms with van der Waals surface area (Å²) in [5.41, 5.74) is 9.49. The van der Waals surface area contributed by atoms with E-state index in [0.717, 1.165) is 105 Å². The van der Waals surface area contributed by atoms with E-state index in [9.17, 15) is 68.3 Å². The van der Waals surface area contributed by atoms with Crippen LogP contribution in [0.3, 0.4) is 0 Å². The van der Waals surface area contributed by atoms with Crippen LogP contribution < -0.4 is 29.5 Å². The summed E-state index contributed by atoms with van der Waals surface area (Å²) in [6.45, 7) is 6.31. The van der Waals surface area contributed by atoms with Gasteiger partial charge < -0.3 is 58.5 Å². The molecule has 0 saturated carbocycles. The van der Waals surface area contributed by atoms with E-state index in [4.69, 9.17) is 20.2 Å². The lowest BCUT2D eigenvalue weighted by Gasteiger charge is -2.13. The Balaban J connectivity index is 0.000000456. The van der Waals surface area contributed by atoms with E-state index in [2.05, 4.69) is 63.8 Å². The molecule has 0 saturated heterocycles. The zero-order valence-corrected chi connectivity index (χ0v) is 65.2. The number of carboxylic acid groups (broad SMARTS) is 1. The van der Waals surface area contributed by atoms with Crippen molar-refractivity contribution in [1.29, 1.82) is 0 Å². The Morgan fingerprint density at radius 2 is 0.838 bits per heavy atom. The van der Waals surface area contributed by atoms with Crippen LogP contribution in [-0.2, 0) is 62.3 Å². The number of aryl methyl sites for hydroxylation is 2. The van der Waals surface area contributed by atoms with Crippen LogP contribution in [-0.4, -0.2) is 151 Å². The number of aromatic carboxylic acids is 1. The quantitative estimate of drug-likeness (QED) is 0.0119. The molecule has 0 bridgehead atoms. The van der Waals surface area contributed by atoms with Gasteiger partial charge in [0.1, 0.15) is 6.29 Å². The minimum Gasteiger partial charge on any atom is -1.00 e. The highest BCUT2D eigenvalue weighted by molar-refractivity contribution is 9.10. The lowest BCUT2D eigenvalue weighted by Crippen LogP contribution is -3.00. The lowest BCUT2D eigenvalue weighted by molar-refractivity contribution is -0.138. The number of Topliss-reactive ketones (excluding diaryl/α,β-unsaturated/α-hetero) is 2. The molecule has 0 unspecified atom stereocenters. The molecule has 105 heavy (non-hydrogen) atoms. The minimum absolute atomic E-state index is 0. The van der Waals surface area contributed by atoms with Crippen molar-refractivity contribution < 1.29 is 112 Å². The molecule has 0 radical (unpaired) electrons. The molecule has 0 fully saturated rings. The molecule has 9 rings (SSSR count). The number of carbonyl (C=O) groups is 6. The molecule has 9 aromatic rings. The van der Waals surface area contributed by atoms with Gasteiger partial charge in [0.2, 0.25) is 0 Å². The van der Waals surface area contributed by atoms with Gasteiger partial charge in [0.05, 0.1) is 51.5 Å². The number of halogens is 13. The summed E-state index contributed by atoms with van der Waals surface area (Å²) in [6, 6.07) is 36.4. The van der Waals surface area contributed by atoms with Gasteiger partial charge in [-0.05, 0) is 219 Å². The van der Waals surface area contributed by atoms with Crippen molar-refractivity contribution in [3.63, 3.8) is 0 Å². The van der Waals surface area contributed by atoms with Gasteiger partial charge in [0.15, 0.2) is 11.6 Å². The van der Waals surface area contributed by atoms with E-state index < -0.39 is 53.1 Å². The molecule has 0 spiro atoms. The molecular weight excluding hydrogens is 1650 g/mol. The number of rotatable bonds is 18. The number of ether oxygens (including phenoxy) is 1. The topological polar surface area (TPSA) is 223 Å². The maximum atomic E-state index is 12.9. The molecule has 0 aliphatic heterocycles. The Kier molecular flexibility index (Phi) is 38.0. The Morgan fingerprint density at radius 1 is 0.476 bits per heavy atom. The average molecular weight is 1730 g/mol. The smallest absolute Gasteiger partial charge is 0.416 e. The summed E-state index contributed by atoms with van der Waals surface area (Å²) in [7, 11) is 17.4. The molecule has 4 N–H and O–H groups in total. The number of aliphatic hydroxyl groups excluding tert-OH is 1. The fourth-order valence-corrected chi connectivity index (χ4v) is 11.1. The highest BCUT2D eigenvalue weighted by Gasteiger charge is 2.33. The third-order valence-corrected chi connectivity index (χ3v) is 15.1. The molecular formula is C75H79Br2ClF9IN7O10-. The van der Waals surface area contributed by atoms with Crippen LogP contribution in [0.2, 0.25) is 0 Å². The van der Waals surface area contributed by atoms with E-state index in [-0.39, 0.29) is 82.1 Å². The Labute approximate surface area is 642 Å². The number of aldehydes is 1. The molecule has 1 amide bonds. The standard InChI is InChI=1S/C23H24N2O3.C22H23N3O3.C11H12F3NO2.C10H11BrF3N.C8H4BrF3O.CH4O.ClH.HI/c1-15-7-17(14-25(2)3)10-19(8-15)22(26)11-16-5-6-21-18(9-16)12-20(13-24-21)23(27)28-4;1-14-6-16(13-25(2)3)9-18(7-14)21(26)10-15-4-5-20-17(8-15)11-19(12-23-20)22(27)24-28;1-15(2)6-7-3-8(10(16)17)5-9(4-7)11(12,13)14;1-15(2)6-7-3-8(10(12,13)14)5-9(11)4-7;9-7-2-5(4-13)1-6(3-7)8(10,11)12;1-2;;/h5-10,12-13H,11,14H2,1-4H3;4-9,11-12,28H,10,13H2,1-3H3,(H,24,27);3-5H,6H2,1-2H3,(H,16,17);3-5H,6H2,1-2H3;1-4H;2H,1H3;2*1H/p-1. The summed E-state index contributed by atoms with van der Waals surface area (Å²) in [6.07, 6.45) is -9.41. The number of aliphatic hydroxyl groups is 1. The Hall–Kier alpha value is -8.11. The summed E-state index contributed by atoms with van der Waals surface area (Å²) in [4.78, 5) is 86.1. The first-order valence-corrected chi connectivity index (χ1v) is 32.5. The second-order valence-electron chi connectivity index (χ2n) is 24.5. The lowest BCUT2D eigenvalue weighted by atomic mass is 9.98. The fourth-order valence-electron chi connectivity index (χ4n) is 10.1. The number of nitrogens with one attached hydrogen (secondary N) is 1. The van der Waals surface area contributed by atoms with E-state index in [1.165, 1.54) is 37.7 Å². The maximum absolute atomic E-state index is 12.9. The van der Waals surface area contributed by atoms with Crippen molar-refractivity contribution in [1.82, 2.24) is 35.0 Å². The third-order valence-electron chi connectivity index (χ3n) is 14.2. The molecule has 0 aliphatic rings. The monoisotopic (exact) mass is 1730 g/mol. The number of fused-ring (bicyclic) bond motifs is 2. The van der Waals surface area contributed by atoms with E-state index in [1.807, 2.05) is 122 Å². The number of amides is 1. The molecule has 17 nitrogen and oxygen atoms in total. The van der Waals surface area contributed by atoms with E-state index >= 15 is 0 Å². The number of methoxy groups -OCH3 is 1. The van der Waals surface area contributed by atoms with Crippen molar-refractivity contribution in [2.75, 3.05) is 70.6 Å². The van der Waals surface area contributed by atoms with Crippen molar-refractivity contribution in [2.24, 2.45) is 0 Å². The number of alkyl halides is 9. The van der Waals surface area contributed by atoms with Gasteiger partial charge in [0, 0.05) is 94.9 Å². The second-order valence-corrected chi connectivity index (χ2v) is 26.3. The first kappa shape index (κ1) is 93.0. The third kappa shape index (κ3) is 31.5. The van der Waals surface area contributed by atoms with Gasteiger partial charge in [-0.2, -0.15) is 39.5 Å². The van der Waals surface area contributed by atoms with Crippen LogP contribution in [0, 0.1) is 13.8 Å². The minimum atomic E-state index is -4.54. The largest absolute Gasteiger partial charge is 1.00 e. The highest BCUT2D eigenvalue weighted by Crippen LogP contribution is 2.34. The van der Waals surface area contributed by atoms with Crippen LogP contribution in [0.1, 0.15) is 123 Å². The van der Waals surface area contributed by atoms with Gasteiger partial charge in [-0.25, -0.2) is 15.1 Å². The van der Waals surface area contributed by atoms with Crippen molar-refractivity contribution >= 4 is 102 Å². The van der Waals surface area contributed by atoms with Crippen molar-refractivity contribution in [3.05, 3.63) is 255 Å². The predicted molar refractivity (Wildman–Crippen MR) is 390 cm³/mol. The van der Waals surface area contributed by atoms with Crippen LogP contribution >= 0.6 is 44.3 Å². The molecule has 2 aromatic heterocycles. The number of pyridine rings is 2. The van der Waals surface area contributed by atoms with Gasteiger partial charge in [-0.1, -0.05) is 67.3 Å².